The Bertz CT molecular complexity index is 639. The monoisotopic (exact) mass is 301 g/mol. The van der Waals surface area contributed by atoms with E-state index in [4.69, 9.17) is 4.74 Å². The molecule has 1 aromatic carbocycles. The van der Waals surface area contributed by atoms with Crippen LogP contribution in [0.25, 0.3) is 0 Å². The minimum atomic E-state index is 0.128. The molecule has 1 atom stereocenters. The zero-order valence-corrected chi connectivity index (χ0v) is 14.0. The van der Waals surface area contributed by atoms with E-state index in [9.17, 15) is 0 Å². The fraction of sp³-hybridized carbons (Fsp3) is 0.444. The SMILES string of the molecule is CCc1ccc(C2CNc3cc(C(C)(C)C)ccc3O2)s1. The van der Waals surface area contributed by atoms with Crippen LogP contribution in [-0.4, -0.2) is 6.54 Å². The first-order valence-corrected chi connectivity index (χ1v) is 8.42. The second-order valence-corrected chi connectivity index (χ2v) is 7.81. The summed E-state index contributed by atoms with van der Waals surface area (Å²) in [7, 11) is 0. The topological polar surface area (TPSA) is 21.3 Å². The molecule has 21 heavy (non-hydrogen) atoms. The van der Waals surface area contributed by atoms with Crippen LogP contribution in [0.3, 0.4) is 0 Å². The molecule has 0 aliphatic carbocycles. The Balaban J connectivity index is 1.83. The maximum Gasteiger partial charge on any atom is 0.150 e. The zero-order valence-electron chi connectivity index (χ0n) is 13.2. The highest BCUT2D eigenvalue weighted by Crippen LogP contribution is 2.38. The molecule has 1 aliphatic heterocycles. The smallest absolute Gasteiger partial charge is 0.150 e. The normalized spacial score (nSPS) is 17.8. The van der Waals surface area contributed by atoms with E-state index >= 15 is 0 Å². The van der Waals surface area contributed by atoms with E-state index < -0.39 is 0 Å². The molecule has 2 heterocycles. The Morgan fingerprint density at radius 1 is 1.24 bits per heavy atom. The Hall–Kier alpha value is -1.48. The average molecular weight is 301 g/mol. The minimum Gasteiger partial charge on any atom is -0.481 e. The van der Waals surface area contributed by atoms with Gasteiger partial charge in [0, 0.05) is 9.75 Å². The van der Waals surface area contributed by atoms with E-state index in [0.717, 1.165) is 24.4 Å². The first kappa shape index (κ1) is 14.5. The van der Waals surface area contributed by atoms with Crippen LogP contribution in [0, 0.1) is 0 Å². The third kappa shape index (κ3) is 2.93. The summed E-state index contributed by atoms with van der Waals surface area (Å²) in [6.07, 6.45) is 1.22. The lowest BCUT2D eigenvalue weighted by molar-refractivity contribution is 0.214. The van der Waals surface area contributed by atoms with Crippen molar-refractivity contribution < 1.29 is 4.74 Å². The van der Waals surface area contributed by atoms with Crippen molar-refractivity contribution in [3.8, 4) is 5.75 Å². The maximum atomic E-state index is 6.19. The summed E-state index contributed by atoms with van der Waals surface area (Å²) < 4.78 is 6.19. The summed E-state index contributed by atoms with van der Waals surface area (Å²) in [5.41, 5.74) is 2.61. The Labute approximate surface area is 131 Å². The molecule has 1 N–H and O–H groups in total. The van der Waals surface area contributed by atoms with Crippen molar-refractivity contribution in [2.45, 2.75) is 45.6 Å². The number of anilines is 1. The number of hydrogen-bond acceptors (Lipinski definition) is 3. The fourth-order valence-corrected chi connectivity index (χ4v) is 3.53. The van der Waals surface area contributed by atoms with Crippen LogP contribution in [0.2, 0.25) is 0 Å². The quantitative estimate of drug-likeness (QED) is 0.828. The van der Waals surface area contributed by atoms with E-state index in [1.807, 2.05) is 11.3 Å². The highest BCUT2D eigenvalue weighted by atomic mass is 32.1. The van der Waals surface area contributed by atoms with Gasteiger partial charge in [-0.15, -0.1) is 11.3 Å². The van der Waals surface area contributed by atoms with Crippen LogP contribution >= 0.6 is 11.3 Å². The van der Waals surface area contributed by atoms with Gasteiger partial charge in [0.25, 0.3) is 0 Å². The van der Waals surface area contributed by atoms with Crippen molar-refractivity contribution in [1.29, 1.82) is 0 Å². The third-order valence-electron chi connectivity index (χ3n) is 3.94. The number of nitrogens with one attached hydrogen (secondary N) is 1. The maximum absolute atomic E-state index is 6.19. The van der Waals surface area contributed by atoms with E-state index in [-0.39, 0.29) is 11.5 Å². The second-order valence-electron chi connectivity index (χ2n) is 6.61. The van der Waals surface area contributed by atoms with Gasteiger partial charge >= 0.3 is 0 Å². The molecule has 112 valence electrons. The van der Waals surface area contributed by atoms with E-state index in [1.54, 1.807) is 0 Å². The lowest BCUT2D eigenvalue weighted by Gasteiger charge is -2.29. The molecule has 0 saturated carbocycles. The number of rotatable bonds is 2. The van der Waals surface area contributed by atoms with Crippen LogP contribution in [0.4, 0.5) is 5.69 Å². The molecule has 1 aromatic heterocycles. The molecule has 2 aromatic rings. The van der Waals surface area contributed by atoms with Crippen LogP contribution in [0.15, 0.2) is 30.3 Å². The van der Waals surface area contributed by atoms with Gasteiger partial charge in [-0.25, -0.2) is 0 Å². The van der Waals surface area contributed by atoms with Crippen LogP contribution in [0.5, 0.6) is 5.75 Å². The standard InChI is InChI=1S/C18H23NOS/c1-5-13-7-9-17(21-13)16-11-19-14-10-12(18(2,3)4)6-8-15(14)20-16/h6-10,16,19H,5,11H2,1-4H3. The summed E-state index contributed by atoms with van der Waals surface area (Å²) >= 11 is 1.86. The summed E-state index contributed by atoms with van der Waals surface area (Å²) in [6.45, 7) is 9.74. The van der Waals surface area contributed by atoms with Gasteiger partial charge in [-0.1, -0.05) is 33.8 Å². The van der Waals surface area contributed by atoms with Crippen molar-refractivity contribution in [1.82, 2.24) is 0 Å². The molecular formula is C18H23NOS. The molecule has 1 aliphatic rings. The van der Waals surface area contributed by atoms with E-state index in [2.05, 4.69) is 63.3 Å². The number of hydrogen-bond donors (Lipinski definition) is 1. The molecule has 0 radical (unpaired) electrons. The van der Waals surface area contributed by atoms with Crippen LogP contribution in [0.1, 0.15) is 49.1 Å². The molecule has 0 spiro atoms. The van der Waals surface area contributed by atoms with Crippen molar-refractivity contribution in [3.63, 3.8) is 0 Å². The molecule has 0 saturated heterocycles. The average Bonchev–Trinajstić information content (AvgIpc) is 2.94. The predicted molar refractivity (Wildman–Crippen MR) is 90.7 cm³/mol. The largest absolute Gasteiger partial charge is 0.481 e. The summed E-state index contributed by atoms with van der Waals surface area (Å²) in [4.78, 5) is 2.73. The van der Waals surface area contributed by atoms with Crippen LogP contribution < -0.4 is 10.1 Å². The number of thiophene rings is 1. The number of benzene rings is 1. The molecule has 0 amide bonds. The zero-order chi connectivity index (χ0) is 15.0. The lowest BCUT2D eigenvalue weighted by Crippen LogP contribution is -2.23. The van der Waals surface area contributed by atoms with E-state index in [0.29, 0.717) is 0 Å². The first-order chi connectivity index (χ1) is 9.97. The van der Waals surface area contributed by atoms with Gasteiger partial charge in [0.1, 0.15) is 5.75 Å². The predicted octanol–water partition coefficient (Wildman–Crippen LogP) is 5.15. The summed E-state index contributed by atoms with van der Waals surface area (Å²) in [5.74, 6) is 0.964. The summed E-state index contributed by atoms with van der Waals surface area (Å²) in [5, 5.41) is 3.53. The molecule has 3 rings (SSSR count). The lowest BCUT2D eigenvalue weighted by atomic mass is 9.86. The highest BCUT2D eigenvalue weighted by Gasteiger charge is 2.24. The van der Waals surface area contributed by atoms with Gasteiger partial charge in [-0.2, -0.15) is 0 Å². The molecule has 2 nitrogen and oxygen atoms in total. The Morgan fingerprint density at radius 3 is 2.71 bits per heavy atom. The number of ether oxygens (including phenoxy) is 1. The van der Waals surface area contributed by atoms with Crippen molar-refractivity contribution in [3.05, 3.63) is 45.6 Å². The number of aryl methyl sites for hydroxylation is 1. The van der Waals surface area contributed by atoms with Gasteiger partial charge < -0.3 is 10.1 Å². The summed E-state index contributed by atoms with van der Waals surface area (Å²) in [6, 6.07) is 10.9. The van der Waals surface area contributed by atoms with Gasteiger partial charge in [-0.05, 0) is 41.7 Å². The van der Waals surface area contributed by atoms with Gasteiger partial charge in [-0.3, -0.25) is 0 Å². The fourth-order valence-electron chi connectivity index (χ4n) is 2.55. The third-order valence-corrected chi connectivity index (χ3v) is 5.26. The molecule has 0 fully saturated rings. The molecule has 0 bridgehead atoms. The first-order valence-electron chi connectivity index (χ1n) is 7.61. The number of fused-ring (bicyclic) bond motifs is 1. The molecule has 1 unspecified atom stereocenters. The van der Waals surface area contributed by atoms with Crippen molar-refractivity contribution >= 4 is 17.0 Å². The minimum absolute atomic E-state index is 0.128. The molecular weight excluding hydrogens is 278 g/mol. The van der Waals surface area contributed by atoms with Crippen LogP contribution in [-0.2, 0) is 11.8 Å². The Morgan fingerprint density at radius 2 is 2.05 bits per heavy atom. The van der Waals surface area contributed by atoms with Crippen molar-refractivity contribution in [2.75, 3.05) is 11.9 Å². The van der Waals surface area contributed by atoms with Gasteiger partial charge in [0.2, 0.25) is 0 Å². The van der Waals surface area contributed by atoms with E-state index in [1.165, 1.54) is 15.3 Å². The van der Waals surface area contributed by atoms with Gasteiger partial charge in [0.15, 0.2) is 6.10 Å². The highest BCUT2D eigenvalue weighted by molar-refractivity contribution is 7.12. The van der Waals surface area contributed by atoms with Gasteiger partial charge in [0.05, 0.1) is 12.2 Å². The second kappa shape index (κ2) is 5.38. The molecule has 3 heteroatoms. The Kier molecular flexibility index (Phi) is 3.70. The van der Waals surface area contributed by atoms with Crippen molar-refractivity contribution in [2.24, 2.45) is 0 Å².